The van der Waals surface area contributed by atoms with Crippen LogP contribution in [0, 0.1) is 22.7 Å². The SMILES string of the molecule is N#Cc1ccc(N2CCC3(CC2)CN(C(=O)c2ccccn2)CC3C(N)=O)cc1C(F)(F)F. The van der Waals surface area contributed by atoms with Gasteiger partial charge in [0, 0.05) is 43.5 Å². The van der Waals surface area contributed by atoms with Crippen LogP contribution in [0.5, 0.6) is 0 Å². The van der Waals surface area contributed by atoms with E-state index in [1.807, 2.05) is 4.90 Å². The number of primary amides is 1. The van der Waals surface area contributed by atoms with E-state index in [9.17, 15) is 22.8 Å². The molecule has 2 saturated heterocycles. The van der Waals surface area contributed by atoms with Crippen LogP contribution in [0.25, 0.3) is 0 Å². The molecule has 2 amide bonds. The van der Waals surface area contributed by atoms with Crippen molar-refractivity contribution in [2.45, 2.75) is 19.0 Å². The molecule has 1 aromatic heterocycles. The van der Waals surface area contributed by atoms with Gasteiger partial charge in [-0.3, -0.25) is 14.6 Å². The number of anilines is 1. The zero-order chi connectivity index (χ0) is 23.8. The fourth-order valence-electron chi connectivity index (χ4n) is 4.94. The average Bonchev–Trinajstić information content (AvgIpc) is 3.18. The van der Waals surface area contributed by atoms with Crippen molar-refractivity contribution in [3.05, 3.63) is 59.4 Å². The first kappa shape index (κ1) is 22.6. The van der Waals surface area contributed by atoms with Crippen LogP contribution in [0.3, 0.4) is 0 Å². The van der Waals surface area contributed by atoms with Crippen LogP contribution in [0.1, 0.15) is 34.5 Å². The summed E-state index contributed by atoms with van der Waals surface area (Å²) in [4.78, 5) is 32.6. The molecule has 0 aliphatic carbocycles. The van der Waals surface area contributed by atoms with Gasteiger partial charge in [-0.15, -0.1) is 0 Å². The van der Waals surface area contributed by atoms with Gasteiger partial charge in [-0.05, 0) is 43.2 Å². The molecule has 0 radical (unpaired) electrons. The van der Waals surface area contributed by atoms with Gasteiger partial charge in [0.05, 0.1) is 23.1 Å². The number of halogens is 3. The molecule has 1 atom stereocenters. The van der Waals surface area contributed by atoms with Crippen molar-refractivity contribution in [2.75, 3.05) is 31.1 Å². The Bertz CT molecular complexity index is 1110. The standard InChI is InChI=1S/C23H22F3N5O2/c24-23(25,26)17-11-16(5-4-15(17)12-27)30-9-6-22(7-10-30)14-31(13-18(22)20(28)32)21(33)19-3-1-2-8-29-19/h1-5,8,11,18H,6-7,9-10,13-14H2,(H2,28,32). The van der Waals surface area contributed by atoms with Crippen LogP contribution in [0.2, 0.25) is 0 Å². The number of pyridine rings is 1. The average molecular weight is 457 g/mol. The van der Waals surface area contributed by atoms with Gasteiger partial charge in [0.15, 0.2) is 0 Å². The Labute approximate surface area is 188 Å². The van der Waals surface area contributed by atoms with Crippen molar-refractivity contribution in [1.29, 1.82) is 5.26 Å². The van der Waals surface area contributed by atoms with E-state index in [0.717, 1.165) is 6.07 Å². The molecular formula is C23H22F3N5O2. The first-order valence-electron chi connectivity index (χ1n) is 10.5. The van der Waals surface area contributed by atoms with E-state index in [0.29, 0.717) is 38.2 Å². The van der Waals surface area contributed by atoms with Crippen LogP contribution < -0.4 is 10.6 Å². The molecule has 7 nitrogen and oxygen atoms in total. The van der Waals surface area contributed by atoms with Crippen LogP contribution in [-0.4, -0.2) is 47.9 Å². The van der Waals surface area contributed by atoms with E-state index in [1.165, 1.54) is 18.3 Å². The topological polar surface area (TPSA) is 103 Å². The molecule has 4 rings (SSSR count). The lowest BCUT2D eigenvalue weighted by atomic mass is 9.70. The van der Waals surface area contributed by atoms with Gasteiger partial charge in [0.1, 0.15) is 5.69 Å². The number of piperidine rings is 1. The van der Waals surface area contributed by atoms with E-state index in [2.05, 4.69) is 4.98 Å². The molecule has 1 aromatic carbocycles. The third-order valence-corrected chi connectivity index (χ3v) is 6.72. The lowest BCUT2D eigenvalue weighted by Gasteiger charge is -2.42. The molecule has 3 heterocycles. The molecule has 0 bridgehead atoms. The number of aromatic nitrogens is 1. The van der Waals surface area contributed by atoms with E-state index < -0.39 is 34.5 Å². The Morgan fingerprint density at radius 3 is 2.48 bits per heavy atom. The predicted molar refractivity (Wildman–Crippen MR) is 113 cm³/mol. The van der Waals surface area contributed by atoms with Gasteiger partial charge >= 0.3 is 6.18 Å². The maximum atomic E-state index is 13.4. The number of hydrogen-bond donors (Lipinski definition) is 1. The quantitative estimate of drug-likeness (QED) is 0.764. The van der Waals surface area contributed by atoms with Crippen molar-refractivity contribution in [1.82, 2.24) is 9.88 Å². The second-order valence-electron chi connectivity index (χ2n) is 8.54. The van der Waals surface area contributed by atoms with Crippen molar-refractivity contribution in [2.24, 2.45) is 17.1 Å². The molecule has 0 saturated carbocycles. The van der Waals surface area contributed by atoms with Crippen LogP contribution >= 0.6 is 0 Å². The molecule has 172 valence electrons. The Balaban J connectivity index is 1.53. The summed E-state index contributed by atoms with van der Waals surface area (Å²) in [6.45, 7) is 1.34. The van der Waals surface area contributed by atoms with Crippen molar-refractivity contribution in [3.8, 4) is 6.07 Å². The molecule has 1 spiro atoms. The zero-order valence-corrected chi connectivity index (χ0v) is 17.7. The molecular weight excluding hydrogens is 435 g/mol. The summed E-state index contributed by atoms with van der Waals surface area (Å²) in [6, 6.07) is 10.3. The summed E-state index contributed by atoms with van der Waals surface area (Å²) in [6.07, 6.45) is -2.12. The highest BCUT2D eigenvalue weighted by atomic mass is 19.4. The highest BCUT2D eigenvalue weighted by Gasteiger charge is 2.52. The minimum absolute atomic E-state index is 0.194. The van der Waals surface area contributed by atoms with E-state index >= 15 is 0 Å². The minimum atomic E-state index is -4.63. The second kappa shape index (κ2) is 8.39. The Morgan fingerprint density at radius 1 is 1.18 bits per heavy atom. The van der Waals surface area contributed by atoms with Crippen molar-refractivity contribution < 1.29 is 22.8 Å². The predicted octanol–water partition coefficient (Wildman–Crippen LogP) is 2.82. The summed E-state index contributed by atoms with van der Waals surface area (Å²) < 4.78 is 40.1. The molecule has 10 heteroatoms. The molecule has 1 unspecified atom stereocenters. The second-order valence-corrected chi connectivity index (χ2v) is 8.54. The fraction of sp³-hybridized carbons (Fsp3) is 0.391. The number of carbonyl (C=O) groups excluding carboxylic acids is 2. The number of rotatable bonds is 3. The summed E-state index contributed by atoms with van der Waals surface area (Å²) in [5.41, 5.74) is 4.41. The molecule has 2 aliphatic heterocycles. The molecule has 2 N–H and O–H groups in total. The van der Waals surface area contributed by atoms with Crippen LogP contribution in [0.15, 0.2) is 42.6 Å². The number of alkyl halides is 3. The van der Waals surface area contributed by atoms with Gasteiger partial charge in [-0.25, -0.2) is 0 Å². The summed E-state index contributed by atoms with van der Waals surface area (Å²) >= 11 is 0. The summed E-state index contributed by atoms with van der Waals surface area (Å²) in [5.74, 6) is -1.31. The van der Waals surface area contributed by atoms with E-state index in [4.69, 9.17) is 11.0 Å². The third kappa shape index (κ3) is 4.23. The summed E-state index contributed by atoms with van der Waals surface area (Å²) in [5, 5.41) is 9.01. The number of benzene rings is 1. The number of nitrogens with two attached hydrogens (primary N) is 1. The number of amides is 2. The molecule has 2 fully saturated rings. The first-order chi connectivity index (χ1) is 15.6. The number of carbonyl (C=O) groups is 2. The van der Waals surface area contributed by atoms with Crippen molar-refractivity contribution in [3.63, 3.8) is 0 Å². The zero-order valence-electron chi connectivity index (χ0n) is 17.7. The normalized spacial score (nSPS) is 20.0. The largest absolute Gasteiger partial charge is 0.417 e. The summed E-state index contributed by atoms with van der Waals surface area (Å²) in [7, 11) is 0. The minimum Gasteiger partial charge on any atom is -0.371 e. The number of hydrogen-bond acceptors (Lipinski definition) is 5. The van der Waals surface area contributed by atoms with Gasteiger partial charge in [-0.2, -0.15) is 18.4 Å². The molecule has 2 aliphatic rings. The molecule has 33 heavy (non-hydrogen) atoms. The maximum absolute atomic E-state index is 13.4. The van der Waals surface area contributed by atoms with Crippen LogP contribution in [0.4, 0.5) is 18.9 Å². The smallest absolute Gasteiger partial charge is 0.371 e. The lowest BCUT2D eigenvalue weighted by molar-refractivity contribution is -0.137. The third-order valence-electron chi connectivity index (χ3n) is 6.72. The number of likely N-dealkylation sites (tertiary alicyclic amines) is 1. The lowest BCUT2D eigenvalue weighted by Crippen LogP contribution is -2.47. The van der Waals surface area contributed by atoms with E-state index in [1.54, 1.807) is 29.2 Å². The van der Waals surface area contributed by atoms with Gasteiger partial charge in [0.25, 0.3) is 5.91 Å². The monoisotopic (exact) mass is 457 g/mol. The number of nitriles is 1. The maximum Gasteiger partial charge on any atom is 0.417 e. The Kier molecular flexibility index (Phi) is 5.74. The Morgan fingerprint density at radius 2 is 1.91 bits per heavy atom. The highest BCUT2D eigenvalue weighted by Crippen LogP contribution is 2.46. The highest BCUT2D eigenvalue weighted by molar-refractivity contribution is 5.93. The van der Waals surface area contributed by atoms with Gasteiger partial charge in [-0.1, -0.05) is 6.07 Å². The molecule has 2 aromatic rings. The van der Waals surface area contributed by atoms with Crippen molar-refractivity contribution >= 4 is 17.5 Å². The first-order valence-corrected chi connectivity index (χ1v) is 10.5. The Hall–Kier alpha value is -3.61. The fourth-order valence-corrected chi connectivity index (χ4v) is 4.94. The van der Waals surface area contributed by atoms with Gasteiger partial charge < -0.3 is 15.5 Å². The van der Waals surface area contributed by atoms with Crippen LogP contribution in [-0.2, 0) is 11.0 Å². The van der Waals surface area contributed by atoms with E-state index in [-0.39, 0.29) is 18.1 Å². The van der Waals surface area contributed by atoms with Gasteiger partial charge in [0.2, 0.25) is 5.91 Å². The number of nitrogens with zero attached hydrogens (tertiary/aromatic N) is 4.